The van der Waals surface area contributed by atoms with E-state index in [1.54, 1.807) is 58.0 Å². The Morgan fingerprint density at radius 3 is 2.20 bits per heavy atom. The molecule has 0 bridgehead atoms. The molecule has 2 fully saturated rings. The lowest BCUT2D eigenvalue weighted by Gasteiger charge is -2.47. The van der Waals surface area contributed by atoms with Crippen LogP contribution in [0.3, 0.4) is 0 Å². The highest BCUT2D eigenvalue weighted by molar-refractivity contribution is 6.39. The number of esters is 3. The Morgan fingerprint density at radius 2 is 1.54 bits per heavy atom. The highest BCUT2D eigenvalue weighted by Gasteiger charge is 2.53. The lowest BCUT2D eigenvalue weighted by molar-refractivity contribution is -0.330. The Balaban J connectivity index is 1.24. The van der Waals surface area contributed by atoms with Crippen LogP contribution in [0.5, 0.6) is 11.5 Å². The van der Waals surface area contributed by atoms with Crippen LogP contribution in [0.2, 0.25) is 10.0 Å². The van der Waals surface area contributed by atoms with E-state index in [2.05, 4.69) is 0 Å². The first-order valence-electron chi connectivity index (χ1n) is 26.3. The Kier molecular flexibility index (Phi) is 21.9. The van der Waals surface area contributed by atoms with Gasteiger partial charge in [0.15, 0.2) is 36.3 Å². The molecule has 3 aliphatic rings. The van der Waals surface area contributed by atoms with E-state index in [-0.39, 0.29) is 41.0 Å². The molecule has 2 saturated heterocycles. The fourth-order valence-electron chi connectivity index (χ4n) is 9.76. The second-order valence-corrected chi connectivity index (χ2v) is 21.5. The maximum atomic E-state index is 14.1. The molecule has 0 unspecified atom stereocenters. The van der Waals surface area contributed by atoms with Crippen molar-refractivity contribution >= 4 is 51.9 Å². The topological polar surface area (TPSA) is 267 Å². The predicted octanol–water partition coefficient (Wildman–Crippen LogP) is 8.05. The van der Waals surface area contributed by atoms with E-state index >= 15 is 0 Å². The summed E-state index contributed by atoms with van der Waals surface area (Å²) < 4.78 is 48.4. The highest BCUT2D eigenvalue weighted by Crippen LogP contribution is 2.45. The zero-order valence-electron chi connectivity index (χ0n) is 46.0. The van der Waals surface area contributed by atoms with Crippen LogP contribution in [-0.2, 0) is 49.1 Å². The number of halogens is 2. The Hall–Kier alpha value is -5.19. The first-order valence-corrected chi connectivity index (χ1v) is 27.0. The molecule has 6 rings (SSSR count). The molecular weight excluding hydrogens is 1070 g/mol. The summed E-state index contributed by atoms with van der Waals surface area (Å²) in [5.41, 5.74) is 0.392. The maximum absolute atomic E-state index is 14.1. The zero-order valence-corrected chi connectivity index (χ0v) is 47.5. The van der Waals surface area contributed by atoms with Gasteiger partial charge in [0, 0.05) is 19.4 Å². The number of phenolic OH excluding ortho intramolecular Hbond substituents is 2. The van der Waals surface area contributed by atoms with Gasteiger partial charge in [-0.05, 0) is 113 Å². The van der Waals surface area contributed by atoms with Gasteiger partial charge < -0.3 is 73.6 Å². The molecule has 3 heterocycles. The number of hydrogen-bond donors (Lipinski definition) is 7. The zero-order chi connectivity index (χ0) is 58.2. The van der Waals surface area contributed by atoms with Gasteiger partial charge in [-0.1, -0.05) is 103 Å². The van der Waals surface area contributed by atoms with E-state index in [9.17, 15) is 50.1 Å². The molecule has 7 N–H and O–H groups in total. The fraction of sp³-hybridized carbons (Fsp3) is 0.508. The number of ether oxygens (including phenoxy) is 8. The van der Waals surface area contributed by atoms with Crippen molar-refractivity contribution in [1.82, 2.24) is 0 Å². The first kappa shape index (κ1) is 63.0. The number of aromatic hydroxyl groups is 2. The molecule has 0 saturated carbocycles. The summed E-state index contributed by atoms with van der Waals surface area (Å²) in [5.74, 6) is -4.56. The van der Waals surface area contributed by atoms with E-state index in [1.807, 2.05) is 57.2 Å². The molecular formula is C59H74Cl2O18. The average molecular weight is 1140 g/mol. The SMILES string of the molecule is CCc1c(Cl)c(O)c(Cl)c(O)c1C(=O)O[C@H]1[C@H](O)[C@H](OC)[C@H](OC/C2=C\C=C\C[C@H](O)/C(C)=C/[C@H](CC)[C@@H](O[C@@H]3OC(C)(C)[C@@H](O)[C@H](O)[C@@H]3OC(=O)c3ccc4ccccc4c3)/C(C)=C/C(C)=C/C[C@@H]([C@@H](C)O)OC2=O)O[C@@H]1C. The molecule has 0 aromatic heterocycles. The first-order chi connectivity index (χ1) is 37.3. The van der Waals surface area contributed by atoms with Crippen LogP contribution in [0.25, 0.3) is 10.8 Å². The van der Waals surface area contributed by atoms with Gasteiger partial charge in [0.2, 0.25) is 0 Å². The van der Waals surface area contributed by atoms with Crippen molar-refractivity contribution in [1.29, 1.82) is 0 Å². The predicted molar refractivity (Wildman–Crippen MR) is 294 cm³/mol. The minimum Gasteiger partial charge on any atom is -0.505 e. The van der Waals surface area contributed by atoms with Gasteiger partial charge in [0.25, 0.3) is 0 Å². The highest BCUT2D eigenvalue weighted by atomic mass is 35.5. The number of fused-ring (bicyclic) bond motifs is 1. The van der Waals surface area contributed by atoms with Crippen LogP contribution in [-0.4, -0.2) is 153 Å². The molecule has 3 aliphatic heterocycles. The van der Waals surface area contributed by atoms with Crippen LogP contribution >= 0.6 is 23.2 Å². The number of rotatable bonds is 13. The number of carbonyl (C=O) groups excluding carboxylic acids is 3. The minimum atomic E-state index is -1.62. The van der Waals surface area contributed by atoms with Crippen molar-refractivity contribution in [2.45, 2.75) is 173 Å². The van der Waals surface area contributed by atoms with Gasteiger partial charge >= 0.3 is 17.9 Å². The number of aliphatic hydroxyl groups is 5. The molecule has 0 amide bonds. The van der Waals surface area contributed by atoms with E-state index in [0.717, 1.165) is 10.8 Å². The quantitative estimate of drug-likeness (QED) is 0.0485. The third-order valence-electron chi connectivity index (χ3n) is 14.5. The van der Waals surface area contributed by atoms with Gasteiger partial charge in [0.05, 0.1) is 52.8 Å². The fourth-order valence-corrected chi connectivity index (χ4v) is 10.3. The van der Waals surface area contributed by atoms with Crippen molar-refractivity contribution in [3.63, 3.8) is 0 Å². The molecule has 79 heavy (non-hydrogen) atoms. The van der Waals surface area contributed by atoms with Crippen LogP contribution in [0.4, 0.5) is 0 Å². The lowest BCUT2D eigenvalue weighted by atomic mass is 9.88. The van der Waals surface area contributed by atoms with E-state index in [0.29, 0.717) is 23.1 Å². The summed E-state index contributed by atoms with van der Waals surface area (Å²) in [4.78, 5) is 41.4. The molecule has 0 radical (unpaired) electrons. The monoisotopic (exact) mass is 1140 g/mol. The van der Waals surface area contributed by atoms with Gasteiger partial charge in [-0.2, -0.15) is 0 Å². The second-order valence-electron chi connectivity index (χ2n) is 20.7. The van der Waals surface area contributed by atoms with Gasteiger partial charge in [-0.3, -0.25) is 0 Å². The van der Waals surface area contributed by atoms with E-state index < -0.39 is 138 Å². The lowest BCUT2D eigenvalue weighted by Crippen LogP contribution is -2.64. The second kappa shape index (κ2) is 27.5. The van der Waals surface area contributed by atoms with Crippen molar-refractivity contribution in [3.8, 4) is 11.5 Å². The van der Waals surface area contributed by atoms with Crippen molar-refractivity contribution in [2.24, 2.45) is 5.92 Å². The Morgan fingerprint density at radius 1 is 0.861 bits per heavy atom. The summed E-state index contributed by atoms with van der Waals surface area (Å²) in [7, 11) is 1.26. The molecule has 0 aliphatic carbocycles. The molecule has 20 heteroatoms. The Bertz CT molecular complexity index is 2820. The smallest absolute Gasteiger partial charge is 0.342 e. The molecule has 0 spiro atoms. The normalized spacial score (nSPS) is 32.7. The maximum Gasteiger partial charge on any atom is 0.342 e. The van der Waals surface area contributed by atoms with Crippen molar-refractivity contribution in [3.05, 3.63) is 128 Å². The van der Waals surface area contributed by atoms with E-state index in [1.165, 1.54) is 33.1 Å². The molecule has 3 aromatic carbocycles. The molecule has 18 nitrogen and oxygen atoms in total. The van der Waals surface area contributed by atoms with Gasteiger partial charge in [-0.25, -0.2) is 14.4 Å². The summed E-state index contributed by atoms with van der Waals surface area (Å²) in [5, 5.41) is 78.7. The summed E-state index contributed by atoms with van der Waals surface area (Å²) >= 11 is 12.3. The molecule has 14 atom stereocenters. The molecule has 432 valence electrons. The summed E-state index contributed by atoms with van der Waals surface area (Å²) in [6.07, 6.45) is -5.93. The number of aliphatic hydroxyl groups excluding tert-OH is 5. The van der Waals surface area contributed by atoms with Crippen LogP contribution in [0.15, 0.2) is 101 Å². The summed E-state index contributed by atoms with van der Waals surface area (Å²) in [6.45, 7) is 14.7. The van der Waals surface area contributed by atoms with Gasteiger partial charge in [0.1, 0.15) is 41.1 Å². The number of hydrogen-bond acceptors (Lipinski definition) is 18. The van der Waals surface area contributed by atoms with Crippen LogP contribution in [0, 0.1) is 5.92 Å². The van der Waals surface area contributed by atoms with Crippen molar-refractivity contribution < 1.29 is 88.0 Å². The number of carbonyl (C=O) groups is 3. The minimum absolute atomic E-state index is 0.0444. The largest absolute Gasteiger partial charge is 0.505 e. The number of phenols is 2. The van der Waals surface area contributed by atoms with Crippen LogP contribution < -0.4 is 0 Å². The molecule has 3 aromatic rings. The van der Waals surface area contributed by atoms with Gasteiger partial charge in [-0.15, -0.1) is 0 Å². The average Bonchev–Trinajstić information content (AvgIpc) is 3.45. The third kappa shape index (κ3) is 14.8. The van der Waals surface area contributed by atoms with Crippen molar-refractivity contribution in [2.75, 3.05) is 13.7 Å². The van der Waals surface area contributed by atoms with E-state index in [4.69, 9.17) is 61.1 Å². The number of methoxy groups -OCH3 is 1. The number of benzene rings is 3. The number of cyclic esters (lactones) is 1. The van der Waals surface area contributed by atoms with Crippen LogP contribution in [0.1, 0.15) is 108 Å². The third-order valence-corrected chi connectivity index (χ3v) is 15.3. The summed E-state index contributed by atoms with van der Waals surface area (Å²) in [6, 6.07) is 12.6. The standard InChI is InChI=1S/C59H74Cl2O18/c1-11-34-26-30(4)40(63)20-16-15-19-38(28-73-57-51(72-10)47(66)50(33(7)74-57)76-56(71)42-39(12-2)43(60)46(65)44(61)45(42)64)55(70)75-41(32(6)62)24-21-29(3)25-31(5)49(34)78-58-52(48(67)53(68)59(8,9)79-58)77-54(69)37-23-22-35-17-13-14-18-36(35)27-37/h13-19,21-23,25-27,32-34,40-41,47-53,57-58,62-68H,11-12,20,24,28H2,1-10H3/b16-15+,29-21+,30-26+,31-25+,38-19+/t32-,33-,34+,40+,41+,47+,48-,49+,50-,51+,52+,53+,57-,58-/m1/s1. The Labute approximate surface area is 470 Å². The number of allylic oxidation sites excluding steroid dienone is 4.